The van der Waals surface area contributed by atoms with Gasteiger partial charge in [0.05, 0.1) is 25.0 Å². The van der Waals surface area contributed by atoms with Crippen LogP contribution in [0.15, 0.2) is 6.07 Å². The first-order chi connectivity index (χ1) is 11.6. The second-order valence-corrected chi connectivity index (χ2v) is 6.62. The molecule has 0 radical (unpaired) electrons. The highest BCUT2D eigenvalue weighted by atomic mass is 16.5. The number of fused-ring (bicyclic) bond motifs is 1. The lowest BCUT2D eigenvalue weighted by atomic mass is 10.0. The summed E-state index contributed by atoms with van der Waals surface area (Å²) in [6.07, 6.45) is 0.855. The van der Waals surface area contributed by atoms with Gasteiger partial charge in [0.2, 0.25) is 0 Å². The number of β-amino-alcohol motifs (C(OH)–C–C–N with tert-alkyl or cyclic N) is 1. The zero-order valence-electron chi connectivity index (χ0n) is 13.6. The number of nitrogens with one attached hydrogen (secondary N) is 2. The first-order valence-corrected chi connectivity index (χ1v) is 8.24. The van der Waals surface area contributed by atoms with Crippen molar-refractivity contribution >= 4 is 5.91 Å². The molecule has 2 aromatic rings. The monoisotopic (exact) mass is 331 g/mol. The molecule has 8 nitrogen and oxygen atoms in total. The fourth-order valence-corrected chi connectivity index (χ4v) is 3.51. The van der Waals surface area contributed by atoms with Crippen LogP contribution in [0.3, 0.4) is 0 Å². The Balaban J connectivity index is 1.47. The maximum atomic E-state index is 12.8. The van der Waals surface area contributed by atoms with Gasteiger partial charge in [-0.3, -0.25) is 15.0 Å². The Morgan fingerprint density at radius 1 is 1.42 bits per heavy atom. The van der Waals surface area contributed by atoms with Crippen LogP contribution in [0.1, 0.15) is 33.1 Å². The van der Waals surface area contributed by atoms with Crippen LogP contribution in [0.25, 0.3) is 0 Å². The van der Waals surface area contributed by atoms with Crippen molar-refractivity contribution in [1.82, 2.24) is 25.3 Å². The number of likely N-dealkylation sites (tertiary alicyclic amines) is 1. The predicted molar refractivity (Wildman–Crippen MR) is 84.4 cm³/mol. The first-order valence-electron chi connectivity index (χ1n) is 8.24. The van der Waals surface area contributed by atoms with Gasteiger partial charge in [0.1, 0.15) is 0 Å². The number of ether oxygens (including phenoxy) is 1. The number of aromatic amines is 2. The summed E-state index contributed by atoms with van der Waals surface area (Å²) in [4.78, 5) is 14.5. The molecule has 4 rings (SSSR count). The quantitative estimate of drug-likeness (QED) is 0.744. The molecule has 8 heteroatoms. The number of H-pyrrole nitrogens is 2. The van der Waals surface area contributed by atoms with Gasteiger partial charge >= 0.3 is 0 Å². The normalized spacial score (nSPS) is 23.5. The topological polar surface area (TPSA) is 107 Å². The zero-order valence-corrected chi connectivity index (χ0v) is 13.6. The fraction of sp³-hybridized carbons (Fsp3) is 0.562. The van der Waals surface area contributed by atoms with E-state index < -0.39 is 6.10 Å². The summed E-state index contributed by atoms with van der Waals surface area (Å²) in [5.74, 6) is -0.152. The molecule has 0 saturated carbocycles. The standard InChI is InChI=1S/C16H21N5O3/c1-9-4-11(18-17-9)5-10-6-21(7-14(10)22)16(23)15-12-8-24-3-2-13(12)19-20-15/h4,10,14,22H,2-3,5-8H2,1H3,(H,17,18)(H,19,20). The van der Waals surface area contributed by atoms with Crippen molar-refractivity contribution in [3.63, 3.8) is 0 Å². The van der Waals surface area contributed by atoms with Gasteiger partial charge in [-0.2, -0.15) is 10.2 Å². The van der Waals surface area contributed by atoms with E-state index in [0.29, 0.717) is 38.4 Å². The highest BCUT2D eigenvalue weighted by Gasteiger charge is 2.36. The van der Waals surface area contributed by atoms with Crippen LogP contribution >= 0.6 is 0 Å². The molecule has 1 saturated heterocycles. The van der Waals surface area contributed by atoms with Crippen LogP contribution in [0.5, 0.6) is 0 Å². The second-order valence-electron chi connectivity index (χ2n) is 6.62. The lowest BCUT2D eigenvalue weighted by Crippen LogP contribution is -2.31. The minimum atomic E-state index is -0.544. The lowest BCUT2D eigenvalue weighted by Gasteiger charge is -2.17. The van der Waals surface area contributed by atoms with Gasteiger partial charge in [0.25, 0.3) is 5.91 Å². The number of rotatable bonds is 3. The molecule has 1 fully saturated rings. The van der Waals surface area contributed by atoms with Crippen LogP contribution in [-0.4, -0.2) is 62.1 Å². The van der Waals surface area contributed by atoms with Crippen molar-refractivity contribution in [2.45, 2.75) is 32.5 Å². The third-order valence-corrected chi connectivity index (χ3v) is 4.82. The van der Waals surface area contributed by atoms with E-state index in [1.807, 2.05) is 13.0 Å². The summed E-state index contributed by atoms with van der Waals surface area (Å²) in [6, 6.07) is 1.97. The Labute approximate surface area is 139 Å². The molecule has 1 amide bonds. The molecule has 2 aliphatic rings. The van der Waals surface area contributed by atoms with Gasteiger partial charge < -0.3 is 14.7 Å². The van der Waals surface area contributed by atoms with E-state index in [1.54, 1.807) is 4.90 Å². The van der Waals surface area contributed by atoms with Crippen molar-refractivity contribution in [2.75, 3.05) is 19.7 Å². The molecule has 2 aromatic heterocycles. The first kappa shape index (κ1) is 15.3. The van der Waals surface area contributed by atoms with Gasteiger partial charge in [0.15, 0.2) is 5.69 Å². The van der Waals surface area contributed by atoms with Crippen LogP contribution in [0.4, 0.5) is 0 Å². The Hall–Kier alpha value is -2.19. The number of amides is 1. The van der Waals surface area contributed by atoms with Crippen molar-refractivity contribution in [2.24, 2.45) is 5.92 Å². The van der Waals surface area contributed by atoms with Gasteiger partial charge in [0, 0.05) is 42.4 Å². The lowest BCUT2D eigenvalue weighted by molar-refractivity contribution is 0.0745. The van der Waals surface area contributed by atoms with Crippen LogP contribution in [0.2, 0.25) is 0 Å². The van der Waals surface area contributed by atoms with E-state index in [0.717, 1.165) is 29.1 Å². The highest BCUT2D eigenvalue weighted by Crippen LogP contribution is 2.25. The van der Waals surface area contributed by atoms with Crippen LogP contribution in [0, 0.1) is 12.8 Å². The molecule has 0 aromatic carbocycles. The van der Waals surface area contributed by atoms with E-state index in [-0.39, 0.29) is 11.8 Å². The number of hydrogen-bond acceptors (Lipinski definition) is 5. The molecule has 2 unspecified atom stereocenters. The second kappa shape index (κ2) is 6.03. The van der Waals surface area contributed by atoms with E-state index in [1.165, 1.54) is 0 Å². The van der Waals surface area contributed by atoms with Gasteiger partial charge in [-0.1, -0.05) is 0 Å². The number of aliphatic hydroxyl groups excluding tert-OH is 1. The predicted octanol–water partition coefficient (Wildman–Crippen LogP) is 0.190. The Morgan fingerprint density at radius 3 is 3.08 bits per heavy atom. The molecule has 3 N–H and O–H groups in total. The number of carbonyl (C=O) groups excluding carboxylic acids is 1. The summed E-state index contributed by atoms with van der Waals surface area (Å²) in [5.41, 5.74) is 4.16. The van der Waals surface area contributed by atoms with Gasteiger partial charge in [-0.05, 0) is 19.4 Å². The maximum absolute atomic E-state index is 12.8. The average molecular weight is 331 g/mol. The molecule has 24 heavy (non-hydrogen) atoms. The maximum Gasteiger partial charge on any atom is 0.274 e. The number of aliphatic hydroxyl groups is 1. The molecule has 0 bridgehead atoms. The molecular formula is C16H21N5O3. The smallest absolute Gasteiger partial charge is 0.274 e. The summed E-state index contributed by atoms with van der Waals surface area (Å²) in [7, 11) is 0. The molecule has 0 spiro atoms. The van der Waals surface area contributed by atoms with Crippen molar-refractivity contribution in [3.05, 3.63) is 34.4 Å². The minimum Gasteiger partial charge on any atom is -0.391 e. The van der Waals surface area contributed by atoms with Crippen molar-refractivity contribution in [3.8, 4) is 0 Å². The largest absolute Gasteiger partial charge is 0.391 e. The molecule has 0 aliphatic carbocycles. The van der Waals surface area contributed by atoms with E-state index in [2.05, 4.69) is 20.4 Å². The third kappa shape index (κ3) is 2.71. The zero-order chi connectivity index (χ0) is 16.7. The summed E-state index contributed by atoms with van der Waals surface area (Å²) in [6.45, 7) is 3.85. The number of hydrogen-bond donors (Lipinski definition) is 3. The molecule has 4 heterocycles. The van der Waals surface area contributed by atoms with Gasteiger partial charge in [-0.15, -0.1) is 0 Å². The Morgan fingerprint density at radius 2 is 2.29 bits per heavy atom. The number of aryl methyl sites for hydroxylation is 1. The molecule has 2 atom stereocenters. The van der Waals surface area contributed by atoms with E-state index >= 15 is 0 Å². The molecule has 128 valence electrons. The van der Waals surface area contributed by atoms with Crippen LogP contribution in [-0.2, 0) is 24.2 Å². The van der Waals surface area contributed by atoms with Crippen LogP contribution < -0.4 is 0 Å². The third-order valence-electron chi connectivity index (χ3n) is 4.82. The molecular weight excluding hydrogens is 310 g/mol. The Bertz CT molecular complexity index is 753. The summed E-state index contributed by atoms with van der Waals surface area (Å²) in [5, 5.41) is 24.6. The molecule has 2 aliphatic heterocycles. The Kier molecular flexibility index (Phi) is 3.85. The average Bonchev–Trinajstić information content (AvgIpc) is 3.27. The summed E-state index contributed by atoms with van der Waals surface area (Å²) < 4.78 is 5.44. The SMILES string of the molecule is Cc1cc(CC2CN(C(=O)c3n[nH]c4c3COCC4)CC2O)n[nH]1. The minimum absolute atomic E-state index is 0.0114. The summed E-state index contributed by atoms with van der Waals surface area (Å²) >= 11 is 0. The number of carbonyl (C=O) groups is 1. The highest BCUT2D eigenvalue weighted by molar-refractivity contribution is 5.94. The fourth-order valence-electron chi connectivity index (χ4n) is 3.51. The number of aromatic nitrogens is 4. The van der Waals surface area contributed by atoms with E-state index in [9.17, 15) is 9.90 Å². The van der Waals surface area contributed by atoms with Crippen molar-refractivity contribution in [1.29, 1.82) is 0 Å². The van der Waals surface area contributed by atoms with Gasteiger partial charge in [-0.25, -0.2) is 0 Å². The van der Waals surface area contributed by atoms with Crippen molar-refractivity contribution < 1.29 is 14.6 Å². The number of nitrogens with zero attached hydrogens (tertiary/aromatic N) is 3. The van der Waals surface area contributed by atoms with E-state index in [4.69, 9.17) is 4.74 Å².